The van der Waals surface area contributed by atoms with Crippen molar-refractivity contribution in [2.24, 2.45) is 5.92 Å². The molecule has 0 amide bonds. The van der Waals surface area contributed by atoms with E-state index in [0.29, 0.717) is 5.92 Å². The highest BCUT2D eigenvalue weighted by Gasteiger charge is 2.08. The number of benzene rings is 1. The van der Waals surface area contributed by atoms with Gasteiger partial charge in [0.25, 0.3) is 0 Å². The number of rotatable bonds is 4. The van der Waals surface area contributed by atoms with Gasteiger partial charge in [0.2, 0.25) is 0 Å². The van der Waals surface area contributed by atoms with Gasteiger partial charge in [0.05, 0.1) is 0 Å². The lowest BCUT2D eigenvalue weighted by molar-refractivity contribution is 0.574. The maximum atomic E-state index is 6.08. The Morgan fingerprint density at radius 1 is 1.36 bits per heavy atom. The van der Waals surface area contributed by atoms with Gasteiger partial charge in [0, 0.05) is 15.4 Å². The van der Waals surface area contributed by atoms with Crippen LogP contribution in [0.3, 0.4) is 0 Å². The monoisotopic (exact) mass is 294 g/mol. The van der Waals surface area contributed by atoms with Crippen LogP contribution in [0.5, 0.6) is 0 Å². The Labute approximate surface area is 104 Å². The van der Waals surface area contributed by atoms with E-state index >= 15 is 0 Å². The molecule has 0 aromatic heterocycles. The smallest absolute Gasteiger partial charge is 0.0439 e. The van der Waals surface area contributed by atoms with E-state index in [9.17, 15) is 0 Å². The maximum absolute atomic E-state index is 6.08. The van der Waals surface area contributed by atoms with Gasteiger partial charge >= 0.3 is 0 Å². The Morgan fingerprint density at radius 2 is 2.07 bits per heavy atom. The predicted molar refractivity (Wildman–Crippen MR) is 67.7 cm³/mol. The van der Waals surface area contributed by atoms with Crippen molar-refractivity contribution in [2.75, 3.05) is 5.33 Å². The van der Waals surface area contributed by atoms with E-state index in [4.69, 9.17) is 23.2 Å². The van der Waals surface area contributed by atoms with Crippen LogP contribution in [0.2, 0.25) is 10.0 Å². The molecule has 14 heavy (non-hydrogen) atoms. The lowest BCUT2D eigenvalue weighted by Gasteiger charge is -2.12. The molecule has 3 heteroatoms. The fourth-order valence-corrected chi connectivity index (χ4v) is 2.39. The minimum absolute atomic E-state index is 0.631. The third kappa shape index (κ3) is 3.45. The SMILES string of the molecule is CCC(CBr)Cc1cc(Cl)ccc1Cl. The van der Waals surface area contributed by atoms with Crippen molar-refractivity contribution in [3.05, 3.63) is 33.8 Å². The van der Waals surface area contributed by atoms with E-state index in [1.807, 2.05) is 18.2 Å². The summed E-state index contributed by atoms with van der Waals surface area (Å²) in [6.07, 6.45) is 2.13. The first-order valence-corrected chi connectivity index (χ1v) is 6.55. The van der Waals surface area contributed by atoms with Crippen molar-refractivity contribution in [3.8, 4) is 0 Å². The fraction of sp³-hybridized carbons (Fsp3) is 0.455. The van der Waals surface area contributed by atoms with Crippen LogP contribution in [0.4, 0.5) is 0 Å². The van der Waals surface area contributed by atoms with E-state index in [1.54, 1.807) is 0 Å². The van der Waals surface area contributed by atoms with Gasteiger partial charge in [-0.3, -0.25) is 0 Å². The van der Waals surface area contributed by atoms with Gasteiger partial charge in [-0.05, 0) is 36.1 Å². The van der Waals surface area contributed by atoms with Crippen LogP contribution in [0.25, 0.3) is 0 Å². The molecule has 1 aromatic rings. The van der Waals surface area contributed by atoms with Crippen molar-refractivity contribution in [2.45, 2.75) is 19.8 Å². The third-order valence-electron chi connectivity index (χ3n) is 2.31. The first-order chi connectivity index (χ1) is 6.67. The van der Waals surface area contributed by atoms with Crippen LogP contribution in [0.1, 0.15) is 18.9 Å². The van der Waals surface area contributed by atoms with E-state index in [-0.39, 0.29) is 0 Å². The van der Waals surface area contributed by atoms with Crippen LogP contribution in [-0.2, 0) is 6.42 Å². The minimum Gasteiger partial charge on any atom is -0.0925 e. The average Bonchev–Trinajstić information content (AvgIpc) is 2.19. The molecule has 0 aliphatic carbocycles. The largest absolute Gasteiger partial charge is 0.0925 e. The topological polar surface area (TPSA) is 0 Å². The number of hydrogen-bond acceptors (Lipinski definition) is 0. The summed E-state index contributed by atoms with van der Waals surface area (Å²) < 4.78 is 0. The Kier molecular flexibility index (Phi) is 5.29. The Hall–Kier alpha value is 0.280. The van der Waals surface area contributed by atoms with Crippen molar-refractivity contribution in [3.63, 3.8) is 0 Å². The minimum atomic E-state index is 0.631. The molecule has 1 aromatic carbocycles. The normalized spacial score (nSPS) is 12.9. The molecule has 0 radical (unpaired) electrons. The quantitative estimate of drug-likeness (QED) is 0.689. The zero-order valence-electron chi connectivity index (χ0n) is 8.06. The van der Waals surface area contributed by atoms with Gasteiger partial charge in [0.15, 0.2) is 0 Å². The molecular formula is C11H13BrCl2. The number of hydrogen-bond donors (Lipinski definition) is 0. The zero-order chi connectivity index (χ0) is 10.6. The molecule has 0 heterocycles. The second-order valence-electron chi connectivity index (χ2n) is 3.37. The lowest BCUT2D eigenvalue weighted by Crippen LogP contribution is -2.04. The Bertz CT molecular complexity index is 295. The molecule has 0 aliphatic heterocycles. The zero-order valence-corrected chi connectivity index (χ0v) is 11.2. The maximum Gasteiger partial charge on any atom is 0.0439 e. The highest BCUT2D eigenvalue weighted by molar-refractivity contribution is 9.09. The molecule has 0 spiro atoms. The second kappa shape index (κ2) is 5.99. The van der Waals surface area contributed by atoms with Gasteiger partial charge in [-0.25, -0.2) is 0 Å². The molecule has 0 bridgehead atoms. The standard InChI is InChI=1S/C11H13BrCl2/c1-2-8(7-12)5-9-6-10(13)3-4-11(9)14/h3-4,6,8H,2,5,7H2,1H3. The predicted octanol–water partition coefficient (Wildman–Crippen LogP) is 4.96. The summed E-state index contributed by atoms with van der Waals surface area (Å²) in [7, 11) is 0. The molecule has 1 unspecified atom stereocenters. The van der Waals surface area contributed by atoms with Gasteiger partial charge in [-0.15, -0.1) is 0 Å². The van der Waals surface area contributed by atoms with E-state index in [0.717, 1.165) is 33.8 Å². The number of alkyl halides is 1. The van der Waals surface area contributed by atoms with Crippen LogP contribution < -0.4 is 0 Å². The molecule has 0 fully saturated rings. The Balaban J connectivity index is 2.79. The summed E-state index contributed by atoms with van der Waals surface area (Å²) in [5.41, 5.74) is 1.14. The van der Waals surface area contributed by atoms with Crippen molar-refractivity contribution >= 4 is 39.1 Å². The van der Waals surface area contributed by atoms with Gasteiger partial charge in [-0.1, -0.05) is 52.5 Å². The van der Waals surface area contributed by atoms with Crippen LogP contribution in [-0.4, -0.2) is 5.33 Å². The van der Waals surface area contributed by atoms with Crippen LogP contribution >= 0.6 is 39.1 Å². The summed E-state index contributed by atoms with van der Waals surface area (Å²) in [5.74, 6) is 0.631. The van der Waals surface area contributed by atoms with Crippen molar-refractivity contribution < 1.29 is 0 Å². The molecule has 0 N–H and O–H groups in total. The lowest BCUT2D eigenvalue weighted by atomic mass is 9.99. The Morgan fingerprint density at radius 3 is 2.64 bits per heavy atom. The first kappa shape index (κ1) is 12.4. The molecule has 1 atom stereocenters. The molecule has 1 rings (SSSR count). The molecule has 0 aliphatic rings. The second-order valence-corrected chi connectivity index (χ2v) is 4.86. The summed E-state index contributed by atoms with van der Waals surface area (Å²) in [4.78, 5) is 0. The van der Waals surface area contributed by atoms with Crippen LogP contribution in [0, 0.1) is 5.92 Å². The van der Waals surface area contributed by atoms with E-state index in [2.05, 4.69) is 22.9 Å². The summed E-state index contributed by atoms with van der Waals surface area (Å²) in [6.45, 7) is 2.18. The van der Waals surface area contributed by atoms with E-state index < -0.39 is 0 Å². The molecule has 0 saturated carbocycles. The van der Waals surface area contributed by atoms with Gasteiger partial charge < -0.3 is 0 Å². The summed E-state index contributed by atoms with van der Waals surface area (Å²) >= 11 is 15.5. The molecular weight excluding hydrogens is 283 g/mol. The third-order valence-corrected chi connectivity index (χ3v) is 3.83. The van der Waals surface area contributed by atoms with Crippen LogP contribution in [0.15, 0.2) is 18.2 Å². The van der Waals surface area contributed by atoms with Crippen molar-refractivity contribution in [1.82, 2.24) is 0 Å². The van der Waals surface area contributed by atoms with E-state index in [1.165, 1.54) is 0 Å². The summed E-state index contributed by atoms with van der Waals surface area (Å²) in [5, 5.41) is 2.58. The first-order valence-electron chi connectivity index (χ1n) is 4.67. The van der Waals surface area contributed by atoms with Gasteiger partial charge in [-0.2, -0.15) is 0 Å². The summed E-state index contributed by atoms with van der Waals surface area (Å²) in [6, 6.07) is 5.64. The average molecular weight is 296 g/mol. The molecule has 78 valence electrons. The highest BCUT2D eigenvalue weighted by atomic mass is 79.9. The number of halogens is 3. The highest BCUT2D eigenvalue weighted by Crippen LogP contribution is 2.24. The fourth-order valence-electron chi connectivity index (χ4n) is 1.32. The van der Waals surface area contributed by atoms with Crippen molar-refractivity contribution in [1.29, 1.82) is 0 Å². The molecule has 0 saturated heterocycles. The van der Waals surface area contributed by atoms with Gasteiger partial charge in [0.1, 0.15) is 0 Å². The molecule has 0 nitrogen and oxygen atoms in total.